The molecule has 0 atom stereocenters. The summed E-state index contributed by atoms with van der Waals surface area (Å²) in [5.74, 6) is 0.580. The standard InChI is InChI=1S/C26H22O2.Na/c27-24-14-8-7-11-20(24)15-16-23-25(28)18-17-22(19-9-3-1-4-10-19)26(23)21-12-5-2-6-13-21;/h1-14,17-18,27-28H,15-16H2;. The molecule has 4 aromatic rings. The van der Waals surface area contributed by atoms with Gasteiger partial charge in [0.1, 0.15) is 11.5 Å². The van der Waals surface area contributed by atoms with Crippen LogP contribution in [0.25, 0.3) is 22.3 Å². The van der Waals surface area contributed by atoms with Crippen molar-refractivity contribution in [3.8, 4) is 33.8 Å². The van der Waals surface area contributed by atoms with Gasteiger partial charge in [-0.15, -0.1) is 0 Å². The molecule has 0 aliphatic carbocycles. The number of hydrogen-bond acceptors (Lipinski definition) is 2. The Labute approximate surface area is 193 Å². The number of hydrogen-bond donors (Lipinski definition) is 2. The van der Waals surface area contributed by atoms with E-state index in [0.717, 1.165) is 33.4 Å². The molecule has 4 rings (SSSR count). The number of phenolic OH excluding ortho intramolecular Hbond substituents is 2. The van der Waals surface area contributed by atoms with E-state index in [1.54, 1.807) is 12.1 Å². The van der Waals surface area contributed by atoms with Gasteiger partial charge in [0.05, 0.1) is 0 Å². The first-order valence-electron chi connectivity index (χ1n) is 9.46. The Bertz CT molecular complexity index is 1080. The summed E-state index contributed by atoms with van der Waals surface area (Å²) in [6.45, 7) is 0. The minimum Gasteiger partial charge on any atom is -0.508 e. The second kappa shape index (κ2) is 9.80. The maximum absolute atomic E-state index is 10.7. The minimum absolute atomic E-state index is 0. The Morgan fingerprint density at radius 1 is 0.517 bits per heavy atom. The third kappa shape index (κ3) is 4.73. The Morgan fingerprint density at radius 3 is 1.76 bits per heavy atom. The van der Waals surface area contributed by atoms with Crippen molar-refractivity contribution in [3.05, 3.63) is 108 Å². The van der Waals surface area contributed by atoms with E-state index in [-0.39, 0.29) is 35.3 Å². The van der Waals surface area contributed by atoms with Crippen LogP contribution in [0.5, 0.6) is 11.5 Å². The quantitative estimate of drug-likeness (QED) is 0.421. The van der Waals surface area contributed by atoms with Crippen LogP contribution in [0.3, 0.4) is 0 Å². The number of aryl methyl sites for hydroxylation is 1. The maximum atomic E-state index is 10.7. The maximum Gasteiger partial charge on any atom is 0.119 e. The van der Waals surface area contributed by atoms with Crippen molar-refractivity contribution in [2.75, 3.05) is 0 Å². The fraction of sp³-hybridized carbons (Fsp3) is 0.0769. The first-order chi connectivity index (χ1) is 13.7. The molecule has 0 aromatic heterocycles. The molecular weight excluding hydrogens is 367 g/mol. The number of para-hydroxylation sites is 1. The summed E-state index contributed by atoms with van der Waals surface area (Å²) >= 11 is 0. The topological polar surface area (TPSA) is 40.5 Å². The van der Waals surface area contributed by atoms with Gasteiger partial charge in [0.25, 0.3) is 0 Å². The minimum atomic E-state index is 0. The molecule has 0 unspecified atom stereocenters. The second-order valence-electron chi connectivity index (χ2n) is 6.85. The third-order valence-corrected chi connectivity index (χ3v) is 5.07. The first kappa shape index (κ1) is 21.2. The van der Waals surface area contributed by atoms with Gasteiger partial charge in [-0.2, -0.15) is 0 Å². The van der Waals surface area contributed by atoms with E-state index in [4.69, 9.17) is 0 Å². The largest absolute Gasteiger partial charge is 0.508 e. The number of benzene rings is 4. The molecule has 0 aliphatic rings. The van der Waals surface area contributed by atoms with Crippen molar-refractivity contribution in [2.45, 2.75) is 12.8 Å². The van der Waals surface area contributed by atoms with E-state index in [1.165, 1.54) is 0 Å². The van der Waals surface area contributed by atoms with E-state index in [1.807, 2.05) is 60.7 Å². The Kier molecular flexibility index (Phi) is 7.16. The smallest absolute Gasteiger partial charge is 0.119 e. The van der Waals surface area contributed by atoms with Gasteiger partial charge in [-0.3, -0.25) is 0 Å². The zero-order valence-corrected chi connectivity index (χ0v) is 18.5. The van der Waals surface area contributed by atoms with Crippen LogP contribution in [-0.4, -0.2) is 39.8 Å². The van der Waals surface area contributed by atoms with Crippen molar-refractivity contribution >= 4 is 29.6 Å². The van der Waals surface area contributed by atoms with E-state index >= 15 is 0 Å². The average molecular weight is 389 g/mol. The van der Waals surface area contributed by atoms with Gasteiger partial charge in [-0.1, -0.05) is 84.9 Å². The summed E-state index contributed by atoms with van der Waals surface area (Å²) in [7, 11) is 0. The molecule has 0 aliphatic heterocycles. The van der Waals surface area contributed by atoms with Crippen molar-refractivity contribution in [1.29, 1.82) is 0 Å². The third-order valence-electron chi connectivity index (χ3n) is 5.07. The molecule has 4 aromatic carbocycles. The van der Waals surface area contributed by atoms with Crippen LogP contribution in [0.1, 0.15) is 11.1 Å². The van der Waals surface area contributed by atoms with Crippen LogP contribution in [0.15, 0.2) is 97.1 Å². The Balaban J connectivity index is 0.00000240. The van der Waals surface area contributed by atoms with Crippen LogP contribution in [-0.2, 0) is 12.8 Å². The van der Waals surface area contributed by atoms with Crippen LogP contribution >= 0.6 is 0 Å². The average Bonchev–Trinajstić information content (AvgIpc) is 2.75. The summed E-state index contributed by atoms with van der Waals surface area (Å²) in [6.07, 6.45) is 1.28. The fourth-order valence-electron chi connectivity index (χ4n) is 3.66. The van der Waals surface area contributed by atoms with E-state index in [0.29, 0.717) is 18.6 Å². The molecule has 29 heavy (non-hydrogen) atoms. The van der Waals surface area contributed by atoms with Crippen LogP contribution in [0.4, 0.5) is 0 Å². The van der Waals surface area contributed by atoms with Gasteiger partial charge in [-0.05, 0) is 52.8 Å². The van der Waals surface area contributed by atoms with Crippen LogP contribution in [0, 0.1) is 0 Å². The fourth-order valence-corrected chi connectivity index (χ4v) is 3.66. The molecule has 0 amide bonds. The summed E-state index contributed by atoms with van der Waals surface area (Å²) in [5, 5.41) is 20.8. The van der Waals surface area contributed by atoms with Gasteiger partial charge in [0, 0.05) is 35.1 Å². The molecule has 2 N–H and O–H groups in total. The molecule has 0 fully saturated rings. The zero-order valence-electron chi connectivity index (χ0n) is 16.5. The van der Waals surface area contributed by atoms with Crippen LogP contribution < -0.4 is 0 Å². The molecule has 1 radical (unpaired) electrons. The molecule has 0 spiro atoms. The molecule has 2 nitrogen and oxygen atoms in total. The molecule has 3 heteroatoms. The Hall–Kier alpha value is -2.52. The normalized spacial score (nSPS) is 10.3. The predicted octanol–water partition coefficient (Wildman–Crippen LogP) is 5.84. The van der Waals surface area contributed by atoms with E-state index in [2.05, 4.69) is 24.3 Å². The van der Waals surface area contributed by atoms with E-state index < -0.39 is 0 Å². The zero-order chi connectivity index (χ0) is 19.3. The van der Waals surface area contributed by atoms with Gasteiger partial charge in [-0.25, -0.2) is 0 Å². The predicted molar refractivity (Wildman–Crippen MR) is 120 cm³/mol. The van der Waals surface area contributed by atoms with Crippen molar-refractivity contribution in [1.82, 2.24) is 0 Å². The summed E-state index contributed by atoms with van der Waals surface area (Å²) < 4.78 is 0. The van der Waals surface area contributed by atoms with Gasteiger partial charge < -0.3 is 10.2 Å². The summed E-state index contributed by atoms with van der Waals surface area (Å²) in [4.78, 5) is 0. The van der Waals surface area contributed by atoms with Crippen molar-refractivity contribution in [3.63, 3.8) is 0 Å². The number of aromatic hydroxyl groups is 2. The molecular formula is C26H22NaO2. The monoisotopic (exact) mass is 389 g/mol. The van der Waals surface area contributed by atoms with Gasteiger partial charge in [0.2, 0.25) is 0 Å². The molecule has 0 heterocycles. The molecule has 0 bridgehead atoms. The van der Waals surface area contributed by atoms with Gasteiger partial charge >= 0.3 is 0 Å². The van der Waals surface area contributed by atoms with Gasteiger partial charge in [0.15, 0.2) is 0 Å². The Morgan fingerprint density at radius 2 is 1.10 bits per heavy atom. The molecule has 0 saturated heterocycles. The molecule has 139 valence electrons. The van der Waals surface area contributed by atoms with E-state index in [9.17, 15) is 10.2 Å². The van der Waals surface area contributed by atoms with Crippen molar-refractivity contribution in [2.24, 2.45) is 0 Å². The SMILES string of the molecule is Oc1ccccc1CCc1c(O)ccc(-c2ccccc2)c1-c1ccccc1.[Na]. The first-order valence-corrected chi connectivity index (χ1v) is 9.46. The van der Waals surface area contributed by atoms with Crippen molar-refractivity contribution < 1.29 is 10.2 Å². The summed E-state index contributed by atoms with van der Waals surface area (Å²) in [6, 6.07) is 31.5. The second-order valence-corrected chi connectivity index (χ2v) is 6.85. The summed E-state index contributed by atoms with van der Waals surface area (Å²) in [5.41, 5.74) is 6.11. The molecule has 0 saturated carbocycles. The van der Waals surface area contributed by atoms with Crippen LogP contribution in [0.2, 0.25) is 0 Å². The number of rotatable bonds is 5. The number of phenols is 2.